The highest BCUT2D eigenvalue weighted by atomic mass is 28.3. The van der Waals surface area contributed by atoms with Gasteiger partial charge >= 0.3 is 0 Å². The van der Waals surface area contributed by atoms with Gasteiger partial charge in [-0.3, -0.25) is 0 Å². The van der Waals surface area contributed by atoms with E-state index in [4.69, 9.17) is 5.26 Å². The van der Waals surface area contributed by atoms with Crippen molar-refractivity contribution < 1.29 is 0 Å². The average Bonchev–Trinajstić information content (AvgIpc) is 1.59. The van der Waals surface area contributed by atoms with Crippen molar-refractivity contribution in [2.24, 2.45) is 0 Å². The fourth-order valence-electron chi connectivity index (χ4n) is 0.431. The van der Waals surface area contributed by atoms with Crippen molar-refractivity contribution in [3.63, 3.8) is 0 Å². The van der Waals surface area contributed by atoms with Crippen LogP contribution in [0.25, 0.3) is 0 Å². The number of nitrogens with zero attached hydrogens (tertiary/aromatic N) is 1. The lowest BCUT2D eigenvalue weighted by atomic mass is 10.6. The van der Waals surface area contributed by atoms with Gasteiger partial charge in [0.05, 0.1) is 6.07 Å². The summed E-state index contributed by atoms with van der Waals surface area (Å²) in [5, 5.41) is 8.20. The summed E-state index contributed by atoms with van der Waals surface area (Å²) in [6.45, 7) is 6.85. The molecule has 0 aromatic heterocycles. The molecule has 0 bridgehead atoms. The molecule has 0 aromatic carbocycles. The zero-order chi connectivity index (χ0) is 6.62. The molecule has 0 aromatic rings. The third-order valence-electron chi connectivity index (χ3n) is 0.987. The first-order valence-corrected chi connectivity index (χ1v) is 6.64. The normalized spacial score (nSPS) is 10.8. The smallest absolute Gasteiger partial charge is 0.0618 e. The van der Waals surface area contributed by atoms with E-state index in [0.717, 1.165) is 12.5 Å². The maximum absolute atomic E-state index is 8.20. The first-order valence-electron chi connectivity index (χ1n) is 2.93. The molecule has 0 aliphatic carbocycles. The third kappa shape index (κ3) is 5.71. The minimum atomic E-state index is -0.901. The van der Waals surface area contributed by atoms with E-state index in [0.29, 0.717) is 0 Å². The van der Waals surface area contributed by atoms with Gasteiger partial charge in [-0.25, -0.2) is 0 Å². The van der Waals surface area contributed by atoms with E-state index >= 15 is 0 Å². The maximum atomic E-state index is 8.20. The topological polar surface area (TPSA) is 23.8 Å². The minimum Gasteiger partial charge on any atom is -0.198 e. The SMILES string of the molecule is C[Si](C)(C)CCC#N. The zero-order valence-corrected chi connectivity index (χ0v) is 6.86. The fraction of sp³-hybridized carbons (Fsp3) is 0.833. The van der Waals surface area contributed by atoms with Gasteiger partial charge in [0.2, 0.25) is 0 Å². The molecular formula is C6H13NSi. The Kier molecular flexibility index (Phi) is 2.78. The molecule has 8 heavy (non-hydrogen) atoms. The Morgan fingerprint density at radius 1 is 1.38 bits per heavy atom. The molecule has 0 saturated carbocycles. The number of nitriles is 1. The Hall–Kier alpha value is -0.293. The Morgan fingerprint density at radius 3 is 2.00 bits per heavy atom. The summed E-state index contributed by atoms with van der Waals surface area (Å²) in [7, 11) is -0.901. The molecule has 0 rings (SSSR count). The molecule has 0 aliphatic rings. The second-order valence-corrected chi connectivity index (χ2v) is 8.84. The standard InChI is InChI=1S/C6H13NSi/c1-8(2,3)6-4-5-7/h4,6H2,1-3H3. The predicted molar refractivity (Wildman–Crippen MR) is 38.4 cm³/mol. The molecule has 0 amide bonds. The van der Waals surface area contributed by atoms with Crippen molar-refractivity contribution in [1.29, 1.82) is 5.26 Å². The molecule has 0 saturated heterocycles. The molecule has 0 spiro atoms. The number of hydrogen-bond acceptors (Lipinski definition) is 1. The largest absolute Gasteiger partial charge is 0.198 e. The van der Waals surface area contributed by atoms with Gasteiger partial charge < -0.3 is 0 Å². The molecule has 0 atom stereocenters. The monoisotopic (exact) mass is 127 g/mol. The summed E-state index contributed by atoms with van der Waals surface area (Å²) in [5.74, 6) is 0. The van der Waals surface area contributed by atoms with Crippen LogP contribution in [0.3, 0.4) is 0 Å². The molecule has 0 unspecified atom stereocenters. The fourth-order valence-corrected chi connectivity index (χ4v) is 1.29. The van der Waals surface area contributed by atoms with Crippen molar-refractivity contribution >= 4 is 8.07 Å². The van der Waals surface area contributed by atoms with E-state index in [1.165, 1.54) is 0 Å². The first-order chi connectivity index (χ1) is 3.56. The molecule has 1 nitrogen and oxygen atoms in total. The molecule has 0 radical (unpaired) electrons. The predicted octanol–water partition coefficient (Wildman–Crippen LogP) is 2.24. The van der Waals surface area contributed by atoms with Crippen molar-refractivity contribution in [2.75, 3.05) is 0 Å². The van der Waals surface area contributed by atoms with E-state index in [1.54, 1.807) is 0 Å². The lowest BCUT2D eigenvalue weighted by Crippen LogP contribution is -2.18. The Labute approximate surface area is 52.3 Å². The van der Waals surface area contributed by atoms with Crippen LogP contribution in [0.4, 0.5) is 0 Å². The summed E-state index contributed by atoms with van der Waals surface area (Å²) >= 11 is 0. The second-order valence-electron chi connectivity index (χ2n) is 3.22. The van der Waals surface area contributed by atoms with Gasteiger partial charge in [-0.2, -0.15) is 5.26 Å². The van der Waals surface area contributed by atoms with E-state index in [1.807, 2.05) is 0 Å². The van der Waals surface area contributed by atoms with Crippen LogP contribution in [-0.2, 0) is 0 Å². The lowest BCUT2D eigenvalue weighted by Gasteiger charge is -2.11. The summed E-state index contributed by atoms with van der Waals surface area (Å²) in [6.07, 6.45) is 0.746. The van der Waals surface area contributed by atoms with E-state index in [-0.39, 0.29) is 0 Å². The van der Waals surface area contributed by atoms with Crippen LogP contribution < -0.4 is 0 Å². The highest BCUT2D eigenvalue weighted by Gasteiger charge is 2.10. The van der Waals surface area contributed by atoms with Gasteiger partial charge in [0.1, 0.15) is 0 Å². The highest BCUT2D eigenvalue weighted by Crippen LogP contribution is 2.09. The van der Waals surface area contributed by atoms with Crippen LogP contribution in [0.1, 0.15) is 6.42 Å². The van der Waals surface area contributed by atoms with Gasteiger partial charge in [0, 0.05) is 14.5 Å². The second kappa shape index (κ2) is 2.88. The van der Waals surface area contributed by atoms with Crippen molar-refractivity contribution in [2.45, 2.75) is 32.1 Å². The van der Waals surface area contributed by atoms with Gasteiger partial charge in [0.15, 0.2) is 0 Å². The van der Waals surface area contributed by atoms with Gasteiger partial charge in [-0.15, -0.1) is 0 Å². The highest BCUT2D eigenvalue weighted by molar-refractivity contribution is 6.76. The minimum absolute atomic E-state index is 0.746. The average molecular weight is 127 g/mol. The van der Waals surface area contributed by atoms with Crippen LogP contribution >= 0.6 is 0 Å². The van der Waals surface area contributed by atoms with Crippen molar-refractivity contribution in [3.8, 4) is 6.07 Å². The molecular weight excluding hydrogens is 114 g/mol. The van der Waals surface area contributed by atoms with Crippen LogP contribution in [0.15, 0.2) is 0 Å². The van der Waals surface area contributed by atoms with Gasteiger partial charge in [0.25, 0.3) is 0 Å². The summed E-state index contributed by atoms with van der Waals surface area (Å²) in [5.41, 5.74) is 0. The van der Waals surface area contributed by atoms with Gasteiger partial charge in [-0.05, 0) is 6.04 Å². The molecule has 46 valence electrons. The van der Waals surface area contributed by atoms with Gasteiger partial charge in [-0.1, -0.05) is 19.6 Å². The van der Waals surface area contributed by atoms with Crippen LogP contribution in [0, 0.1) is 11.3 Å². The van der Waals surface area contributed by atoms with Crippen LogP contribution in [0.2, 0.25) is 25.7 Å². The number of hydrogen-bond donors (Lipinski definition) is 0. The molecule has 2 heteroatoms. The van der Waals surface area contributed by atoms with E-state index < -0.39 is 8.07 Å². The first kappa shape index (κ1) is 7.71. The van der Waals surface area contributed by atoms with E-state index in [9.17, 15) is 0 Å². The Bertz CT molecular complexity index is 96.1. The zero-order valence-electron chi connectivity index (χ0n) is 5.86. The maximum Gasteiger partial charge on any atom is 0.0618 e. The van der Waals surface area contributed by atoms with Crippen LogP contribution in [0.5, 0.6) is 0 Å². The molecule has 0 heterocycles. The summed E-state index contributed by atoms with van der Waals surface area (Å²) in [6, 6.07) is 3.30. The quantitative estimate of drug-likeness (QED) is 0.522. The Balaban J connectivity index is 3.28. The molecule has 0 aliphatic heterocycles. The molecule has 0 fully saturated rings. The van der Waals surface area contributed by atoms with Crippen LogP contribution in [-0.4, -0.2) is 8.07 Å². The Morgan fingerprint density at radius 2 is 1.88 bits per heavy atom. The molecule has 0 N–H and O–H groups in total. The number of rotatable bonds is 2. The summed E-state index contributed by atoms with van der Waals surface area (Å²) < 4.78 is 0. The van der Waals surface area contributed by atoms with E-state index in [2.05, 4.69) is 25.7 Å². The van der Waals surface area contributed by atoms with Crippen molar-refractivity contribution in [1.82, 2.24) is 0 Å². The van der Waals surface area contributed by atoms with Crippen molar-refractivity contribution in [3.05, 3.63) is 0 Å². The summed E-state index contributed by atoms with van der Waals surface area (Å²) in [4.78, 5) is 0. The third-order valence-corrected chi connectivity index (χ3v) is 2.74. The lowest BCUT2D eigenvalue weighted by molar-refractivity contribution is 1.16.